The predicted octanol–water partition coefficient (Wildman–Crippen LogP) is 1.13. The zero-order valence-corrected chi connectivity index (χ0v) is 20.2. The minimum atomic E-state index is -0.322. The molecule has 1 aromatic carbocycles. The second kappa shape index (κ2) is 11.8. The van der Waals surface area contributed by atoms with Crippen molar-refractivity contribution in [3.05, 3.63) is 23.8 Å². The molecule has 1 aromatic rings. The Morgan fingerprint density at radius 1 is 1.30 bits per heavy atom. The molecule has 0 saturated carbocycles. The Labute approximate surface area is 196 Å². The third kappa shape index (κ3) is 6.89. The topological polar surface area (TPSA) is 94.6 Å². The van der Waals surface area contributed by atoms with E-state index in [9.17, 15) is 14.7 Å². The van der Waals surface area contributed by atoms with Gasteiger partial charge in [-0.15, -0.1) is 0 Å². The molecular formula is C24H38N4O5. The van der Waals surface area contributed by atoms with Crippen molar-refractivity contribution in [2.75, 3.05) is 72.0 Å². The molecule has 3 atom stereocenters. The molecule has 3 rings (SSSR count). The van der Waals surface area contributed by atoms with Crippen LogP contribution >= 0.6 is 0 Å². The molecule has 184 valence electrons. The molecule has 2 amide bonds. The second-order valence-corrected chi connectivity index (χ2v) is 9.35. The maximum absolute atomic E-state index is 13.4. The van der Waals surface area contributed by atoms with E-state index in [1.807, 2.05) is 21.0 Å². The van der Waals surface area contributed by atoms with Gasteiger partial charge in [-0.1, -0.05) is 6.92 Å². The Balaban J connectivity index is 1.78. The average molecular weight is 463 g/mol. The third-order valence-corrected chi connectivity index (χ3v) is 6.25. The van der Waals surface area contributed by atoms with E-state index >= 15 is 0 Å². The van der Waals surface area contributed by atoms with Crippen LogP contribution in [-0.2, 0) is 9.53 Å². The third-order valence-electron chi connectivity index (χ3n) is 6.25. The lowest BCUT2D eigenvalue weighted by Crippen LogP contribution is -2.49. The molecule has 0 spiro atoms. The molecule has 2 heterocycles. The summed E-state index contributed by atoms with van der Waals surface area (Å²) in [6.07, 6.45) is 0.256. The molecule has 2 N–H and O–H groups in total. The van der Waals surface area contributed by atoms with Gasteiger partial charge in [0.1, 0.15) is 11.9 Å². The minimum Gasteiger partial charge on any atom is -0.488 e. The largest absolute Gasteiger partial charge is 0.488 e. The van der Waals surface area contributed by atoms with Gasteiger partial charge in [-0.05, 0) is 39.2 Å². The minimum absolute atomic E-state index is 0.0815. The van der Waals surface area contributed by atoms with Crippen LogP contribution in [0, 0.1) is 5.92 Å². The zero-order valence-electron chi connectivity index (χ0n) is 20.2. The van der Waals surface area contributed by atoms with Crippen molar-refractivity contribution in [2.24, 2.45) is 5.92 Å². The lowest BCUT2D eigenvalue weighted by Gasteiger charge is -2.37. The Hall–Kier alpha value is -2.20. The number of nitrogens with one attached hydrogen (secondary N) is 1. The van der Waals surface area contributed by atoms with Gasteiger partial charge in [0.25, 0.3) is 5.91 Å². The normalized spacial score (nSPS) is 22.8. The monoisotopic (exact) mass is 462 g/mol. The van der Waals surface area contributed by atoms with E-state index < -0.39 is 0 Å². The number of rotatable bonds is 8. The Morgan fingerprint density at radius 3 is 2.70 bits per heavy atom. The van der Waals surface area contributed by atoms with Crippen LogP contribution in [0.25, 0.3) is 0 Å². The van der Waals surface area contributed by atoms with Crippen LogP contribution in [0.4, 0.5) is 5.69 Å². The number of likely N-dealkylation sites (N-methyl/N-ethyl adjacent to an activating group) is 1. The van der Waals surface area contributed by atoms with E-state index in [1.165, 1.54) is 0 Å². The highest BCUT2D eigenvalue weighted by molar-refractivity contribution is 5.99. The fourth-order valence-corrected chi connectivity index (χ4v) is 4.19. The van der Waals surface area contributed by atoms with Gasteiger partial charge in [0.15, 0.2) is 0 Å². The van der Waals surface area contributed by atoms with Crippen molar-refractivity contribution in [1.82, 2.24) is 14.7 Å². The van der Waals surface area contributed by atoms with Crippen molar-refractivity contribution in [1.29, 1.82) is 0 Å². The summed E-state index contributed by atoms with van der Waals surface area (Å²) >= 11 is 0. The summed E-state index contributed by atoms with van der Waals surface area (Å²) in [5.74, 6) is 0.282. The first-order valence-corrected chi connectivity index (χ1v) is 11.8. The smallest absolute Gasteiger partial charge is 0.258 e. The quantitative estimate of drug-likeness (QED) is 0.598. The Kier molecular flexibility index (Phi) is 9.08. The first-order chi connectivity index (χ1) is 15.8. The average Bonchev–Trinajstić information content (AvgIpc) is 2.80. The van der Waals surface area contributed by atoms with Gasteiger partial charge in [-0.25, -0.2) is 0 Å². The van der Waals surface area contributed by atoms with Gasteiger partial charge >= 0.3 is 0 Å². The molecule has 9 heteroatoms. The van der Waals surface area contributed by atoms with Gasteiger partial charge in [-0.3, -0.25) is 14.5 Å². The second-order valence-electron chi connectivity index (χ2n) is 9.35. The highest BCUT2D eigenvalue weighted by atomic mass is 16.5. The van der Waals surface area contributed by atoms with Gasteiger partial charge < -0.3 is 29.7 Å². The lowest BCUT2D eigenvalue weighted by atomic mass is 9.99. The van der Waals surface area contributed by atoms with Crippen molar-refractivity contribution in [3.8, 4) is 5.75 Å². The number of nitrogens with zero attached hydrogens (tertiary/aromatic N) is 3. The number of benzene rings is 1. The van der Waals surface area contributed by atoms with Gasteiger partial charge in [0.05, 0.1) is 31.4 Å². The van der Waals surface area contributed by atoms with Crippen LogP contribution in [-0.4, -0.2) is 110 Å². The van der Waals surface area contributed by atoms with Crippen LogP contribution < -0.4 is 10.1 Å². The predicted molar refractivity (Wildman–Crippen MR) is 127 cm³/mol. The molecule has 0 radical (unpaired) electrons. The molecule has 0 unspecified atom stereocenters. The molecule has 1 fully saturated rings. The zero-order chi connectivity index (χ0) is 24.0. The molecule has 33 heavy (non-hydrogen) atoms. The van der Waals surface area contributed by atoms with Gasteiger partial charge in [0, 0.05) is 50.7 Å². The summed E-state index contributed by atoms with van der Waals surface area (Å²) < 4.78 is 11.6. The number of hydrogen-bond donors (Lipinski definition) is 2. The number of hydrogen-bond acceptors (Lipinski definition) is 7. The summed E-state index contributed by atoms with van der Waals surface area (Å²) in [6.45, 7) is 8.71. The summed E-state index contributed by atoms with van der Waals surface area (Å²) in [5.41, 5.74) is 0.962. The highest BCUT2D eigenvalue weighted by Crippen LogP contribution is 2.30. The molecule has 9 nitrogen and oxygen atoms in total. The number of carbonyl (C=O) groups is 2. The van der Waals surface area contributed by atoms with E-state index in [0.717, 1.165) is 13.1 Å². The summed E-state index contributed by atoms with van der Waals surface area (Å²) in [4.78, 5) is 31.9. The van der Waals surface area contributed by atoms with Crippen LogP contribution in [0.3, 0.4) is 0 Å². The number of morpholine rings is 1. The fraction of sp³-hybridized carbons (Fsp3) is 0.667. The molecule has 0 aliphatic carbocycles. The number of anilines is 1. The van der Waals surface area contributed by atoms with Crippen molar-refractivity contribution in [2.45, 2.75) is 32.4 Å². The van der Waals surface area contributed by atoms with E-state index in [-0.39, 0.29) is 36.5 Å². The standard InChI is InChI=1S/C24H38N4O5/c1-17-14-28(18(2)16-29)24(31)20-13-19(5-6-21(20)33-22(17)15-26(3)4)25-23(30)7-8-27-9-11-32-12-10-27/h5-6,13,17-18,22,29H,7-12,14-16H2,1-4H3,(H,25,30)/t17-,18-,22-/m1/s1. The number of fused-ring (bicyclic) bond motifs is 1. The molecule has 2 aliphatic heterocycles. The maximum Gasteiger partial charge on any atom is 0.258 e. The summed E-state index contributed by atoms with van der Waals surface area (Å²) in [6, 6.07) is 4.90. The first-order valence-electron chi connectivity index (χ1n) is 11.8. The van der Waals surface area contributed by atoms with Crippen LogP contribution in [0.15, 0.2) is 18.2 Å². The van der Waals surface area contributed by atoms with Crippen LogP contribution in [0.5, 0.6) is 5.75 Å². The van der Waals surface area contributed by atoms with Crippen molar-refractivity contribution in [3.63, 3.8) is 0 Å². The Morgan fingerprint density at radius 2 is 2.03 bits per heavy atom. The summed E-state index contributed by atoms with van der Waals surface area (Å²) in [7, 11) is 3.98. The van der Waals surface area contributed by atoms with E-state index in [0.29, 0.717) is 56.3 Å². The number of carbonyl (C=O) groups excluding carboxylic acids is 2. The van der Waals surface area contributed by atoms with Gasteiger partial charge in [0.2, 0.25) is 5.91 Å². The van der Waals surface area contributed by atoms with E-state index in [4.69, 9.17) is 9.47 Å². The maximum atomic E-state index is 13.4. The number of ether oxygens (including phenoxy) is 2. The molecule has 0 bridgehead atoms. The van der Waals surface area contributed by atoms with Crippen LogP contribution in [0.1, 0.15) is 30.6 Å². The molecular weight excluding hydrogens is 424 g/mol. The molecule has 1 saturated heterocycles. The first kappa shape index (κ1) is 25.4. The van der Waals surface area contributed by atoms with Gasteiger partial charge in [-0.2, -0.15) is 0 Å². The van der Waals surface area contributed by atoms with E-state index in [1.54, 1.807) is 23.1 Å². The lowest BCUT2D eigenvalue weighted by molar-refractivity contribution is -0.116. The van der Waals surface area contributed by atoms with Crippen molar-refractivity contribution >= 4 is 17.5 Å². The van der Waals surface area contributed by atoms with Crippen LogP contribution in [0.2, 0.25) is 0 Å². The molecule has 0 aromatic heterocycles. The SMILES string of the molecule is C[C@@H]1CN([C@H](C)CO)C(=O)c2cc(NC(=O)CCN3CCOCC3)ccc2O[C@@H]1CN(C)C. The number of aliphatic hydroxyl groups is 1. The van der Waals surface area contributed by atoms with E-state index in [2.05, 4.69) is 22.0 Å². The highest BCUT2D eigenvalue weighted by Gasteiger charge is 2.33. The summed E-state index contributed by atoms with van der Waals surface area (Å²) in [5, 5.41) is 12.7. The molecule has 2 aliphatic rings. The number of aliphatic hydroxyl groups excluding tert-OH is 1. The number of amides is 2. The Bertz CT molecular complexity index is 812. The van der Waals surface area contributed by atoms with Crippen molar-refractivity contribution < 1.29 is 24.2 Å². The fourth-order valence-electron chi connectivity index (χ4n) is 4.19.